The van der Waals surface area contributed by atoms with Gasteiger partial charge in [-0.05, 0) is 46.5 Å². The first kappa shape index (κ1) is 22.1. The number of hydrogen-bond donors (Lipinski definition) is 2. The van der Waals surface area contributed by atoms with Crippen LogP contribution >= 0.6 is 0 Å². The molecule has 0 aromatic carbocycles. The van der Waals surface area contributed by atoms with Crippen molar-refractivity contribution in [2.75, 3.05) is 6.54 Å². The van der Waals surface area contributed by atoms with Crippen molar-refractivity contribution in [1.82, 2.24) is 10.6 Å². The predicted octanol–water partition coefficient (Wildman–Crippen LogP) is 1.85. The zero-order valence-electron chi connectivity index (χ0n) is 19.6. The van der Waals surface area contributed by atoms with Crippen LogP contribution in [0.5, 0.6) is 0 Å². The zero-order chi connectivity index (χ0) is 23.3. The molecular weight excluding hydrogens is 400 g/mol. The van der Waals surface area contributed by atoms with Crippen molar-refractivity contribution in [3.05, 3.63) is 0 Å². The number of hydrogen-bond acceptors (Lipinski definition) is 6. The summed E-state index contributed by atoms with van der Waals surface area (Å²) in [6.45, 7) is 13.3. The summed E-state index contributed by atoms with van der Waals surface area (Å²) in [5.41, 5.74) is -4.96. The normalized spacial score (nSPS) is 42.2. The third-order valence-corrected chi connectivity index (χ3v) is 9.85. The van der Waals surface area contributed by atoms with Gasteiger partial charge in [-0.15, -0.1) is 0 Å². The summed E-state index contributed by atoms with van der Waals surface area (Å²) >= 11 is 0. The molecule has 4 bridgehead atoms. The quantitative estimate of drug-likeness (QED) is 0.639. The van der Waals surface area contributed by atoms with Gasteiger partial charge < -0.3 is 20.1 Å². The molecular formula is C23H34N2O6. The first-order valence-electron chi connectivity index (χ1n) is 11.2. The molecule has 2 aliphatic carbocycles. The van der Waals surface area contributed by atoms with Gasteiger partial charge in [0.25, 0.3) is 11.8 Å². The third-order valence-electron chi connectivity index (χ3n) is 9.85. The molecule has 2 aliphatic heterocycles. The molecule has 172 valence electrons. The molecule has 0 radical (unpaired) electrons. The summed E-state index contributed by atoms with van der Waals surface area (Å²) < 4.78 is 11.2. The zero-order valence-corrected chi connectivity index (χ0v) is 19.6. The lowest BCUT2D eigenvalue weighted by atomic mass is 9.66. The monoisotopic (exact) mass is 434 g/mol. The molecule has 5 atom stereocenters. The maximum absolute atomic E-state index is 13.2. The molecule has 2 heterocycles. The van der Waals surface area contributed by atoms with Gasteiger partial charge in [0.2, 0.25) is 0 Å². The molecule has 0 spiro atoms. The number of amides is 2. The van der Waals surface area contributed by atoms with Crippen LogP contribution in [-0.2, 0) is 28.7 Å². The lowest BCUT2D eigenvalue weighted by molar-refractivity contribution is -0.169. The smallest absolute Gasteiger partial charge is 0.313 e. The Hall–Kier alpha value is -2.12. The van der Waals surface area contributed by atoms with E-state index in [1.807, 2.05) is 41.5 Å². The first-order chi connectivity index (χ1) is 14.1. The molecule has 4 rings (SSSR count). The Balaban J connectivity index is 1.41. The molecule has 0 unspecified atom stereocenters. The molecule has 2 amide bonds. The van der Waals surface area contributed by atoms with E-state index >= 15 is 0 Å². The number of nitrogens with one attached hydrogen (secondary N) is 2. The number of carbonyl (C=O) groups is 4. The minimum Gasteiger partial charge on any atom is -0.448 e. The Kier molecular flexibility index (Phi) is 4.28. The van der Waals surface area contributed by atoms with Gasteiger partial charge in [0.1, 0.15) is 0 Å². The van der Waals surface area contributed by atoms with Crippen molar-refractivity contribution in [1.29, 1.82) is 0 Å². The molecule has 4 fully saturated rings. The largest absolute Gasteiger partial charge is 0.448 e. The highest BCUT2D eigenvalue weighted by Gasteiger charge is 2.76. The standard InChI is InChI=1S/C23H34N2O6/c1-13(25-15(27)23-11-9-21(7,17(29)31-23)19(23,4)5)12-24-14(26)22-10-8-20(6,16(28)30-22)18(22,2)3/h13H,8-12H2,1-7H3,(H,24,26)(H,25,27)/t13-,20-,21+,22-,23-/m1/s1. The van der Waals surface area contributed by atoms with Gasteiger partial charge in [-0.1, -0.05) is 27.7 Å². The first-order valence-corrected chi connectivity index (χ1v) is 11.2. The van der Waals surface area contributed by atoms with Crippen molar-refractivity contribution >= 4 is 23.8 Å². The summed E-state index contributed by atoms with van der Waals surface area (Å²) in [5.74, 6) is -1.30. The number of ether oxygens (including phenoxy) is 2. The fourth-order valence-electron chi connectivity index (χ4n) is 6.27. The molecule has 0 aromatic rings. The minimum atomic E-state index is -1.19. The van der Waals surface area contributed by atoms with E-state index in [2.05, 4.69) is 10.6 Å². The topological polar surface area (TPSA) is 111 Å². The summed E-state index contributed by atoms with van der Waals surface area (Å²) in [6, 6.07) is -0.391. The lowest BCUT2D eigenvalue weighted by Crippen LogP contribution is -2.58. The maximum atomic E-state index is 13.2. The molecule has 2 saturated carbocycles. The average molecular weight is 435 g/mol. The van der Waals surface area contributed by atoms with Crippen LogP contribution in [0.15, 0.2) is 0 Å². The molecule has 4 aliphatic rings. The van der Waals surface area contributed by atoms with Crippen LogP contribution in [0.25, 0.3) is 0 Å². The van der Waals surface area contributed by atoms with Crippen LogP contribution in [0.4, 0.5) is 0 Å². The molecule has 2 N–H and O–H groups in total. The van der Waals surface area contributed by atoms with Crippen molar-refractivity contribution in [2.45, 2.75) is 91.4 Å². The predicted molar refractivity (Wildman–Crippen MR) is 111 cm³/mol. The van der Waals surface area contributed by atoms with Crippen LogP contribution in [0.3, 0.4) is 0 Å². The number of esters is 2. The third kappa shape index (κ3) is 2.26. The number of rotatable bonds is 5. The Morgan fingerprint density at radius 3 is 1.58 bits per heavy atom. The van der Waals surface area contributed by atoms with E-state index < -0.39 is 38.9 Å². The second-order valence-corrected chi connectivity index (χ2v) is 11.4. The average Bonchev–Trinajstić information content (AvgIpc) is 3.14. The molecule has 8 nitrogen and oxygen atoms in total. The van der Waals surface area contributed by atoms with Gasteiger partial charge in [-0.25, -0.2) is 0 Å². The van der Waals surface area contributed by atoms with Crippen LogP contribution in [0.1, 0.15) is 74.1 Å². The van der Waals surface area contributed by atoms with Crippen LogP contribution in [-0.4, -0.2) is 47.5 Å². The lowest BCUT2D eigenvalue weighted by Gasteiger charge is -2.37. The maximum Gasteiger partial charge on any atom is 0.313 e. The van der Waals surface area contributed by atoms with Crippen molar-refractivity contribution < 1.29 is 28.7 Å². The summed E-state index contributed by atoms with van der Waals surface area (Å²) in [4.78, 5) is 51.1. The molecule has 31 heavy (non-hydrogen) atoms. The number of fused-ring (bicyclic) bond motifs is 4. The molecule has 2 saturated heterocycles. The van der Waals surface area contributed by atoms with Crippen molar-refractivity contribution in [3.8, 4) is 0 Å². The second kappa shape index (κ2) is 6.01. The van der Waals surface area contributed by atoms with E-state index in [1.54, 1.807) is 6.92 Å². The summed E-state index contributed by atoms with van der Waals surface area (Å²) in [5, 5.41) is 5.79. The molecule has 0 aromatic heterocycles. The highest BCUT2D eigenvalue weighted by Crippen LogP contribution is 2.66. The van der Waals surface area contributed by atoms with E-state index in [0.717, 1.165) is 0 Å². The molecule has 8 heteroatoms. The Morgan fingerprint density at radius 2 is 1.23 bits per heavy atom. The Morgan fingerprint density at radius 1 is 0.806 bits per heavy atom. The minimum absolute atomic E-state index is 0.179. The Bertz CT molecular complexity index is 896. The second-order valence-electron chi connectivity index (χ2n) is 11.4. The van der Waals surface area contributed by atoms with Crippen LogP contribution < -0.4 is 10.6 Å². The fourth-order valence-corrected chi connectivity index (χ4v) is 6.27. The SMILES string of the molecule is C[C@H](CNC(=O)[C@@]12CC[C@](C)(C(=O)O1)C2(C)C)NC(=O)[C@@]12CC[C@@](C)(C(=O)O1)C2(C)C. The van der Waals surface area contributed by atoms with Gasteiger partial charge >= 0.3 is 11.9 Å². The van der Waals surface area contributed by atoms with Gasteiger partial charge in [0, 0.05) is 23.4 Å². The highest BCUT2D eigenvalue weighted by molar-refractivity contribution is 5.97. The summed E-state index contributed by atoms with van der Waals surface area (Å²) in [6.07, 6.45) is 2.19. The van der Waals surface area contributed by atoms with E-state index in [4.69, 9.17) is 9.47 Å². The van der Waals surface area contributed by atoms with Gasteiger partial charge in [-0.2, -0.15) is 0 Å². The summed E-state index contributed by atoms with van der Waals surface area (Å²) in [7, 11) is 0. The van der Waals surface area contributed by atoms with E-state index in [0.29, 0.717) is 25.7 Å². The Labute approximate surface area is 183 Å². The van der Waals surface area contributed by atoms with E-state index in [1.165, 1.54) is 0 Å². The van der Waals surface area contributed by atoms with Gasteiger partial charge in [0.15, 0.2) is 11.2 Å². The van der Waals surface area contributed by atoms with Crippen LogP contribution in [0, 0.1) is 21.7 Å². The number of carbonyl (C=O) groups excluding carboxylic acids is 4. The van der Waals surface area contributed by atoms with Crippen molar-refractivity contribution in [3.63, 3.8) is 0 Å². The highest BCUT2D eigenvalue weighted by atomic mass is 16.6. The fraction of sp³-hybridized carbons (Fsp3) is 0.826. The van der Waals surface area contributed by atoms with Gasteiger partial charge in [-0.3, -0.25) is 19.2 Å². The van der Waals surface area contributed by atoms with Gasteiger partial charge in [0.05, 0.1) is 10.8 Å². The van der Waals surface area contributed by atoms with E-state index in [9.17, 15) is 19.2 Å². The van der Waals surface area contributed by atoms with Crippen LogP contribution in [0.2, 0.25) is 0 Å². The van der Waals surface area contributed by atoms with E-state index in [-0.39, 0.29) is 30.3 Å². The van der Waals surface area contributed by atoms with Crippen molar-refractivity contribution in [2.24, 2.45) is 21.7 Å².